The fraction of sp³-hybridized carbons (Fsp3) is 0.310. The van der Waals surface area contributed by atoms with Crippen LogP contribution in [0.4, 0.5) is 0 Å². The fourth-order valence-electron chi connectivity index (χ4n) is 4.29. The number of carbonyl (C=O) groups excluding carboxylic acids is 2. The van der Waals surface area contributed by atoms with Gasteiger partial charge in [-0.25, -0.2) is 0 Å². The Morgan fingerprint density at radius 1 is 0.886 bits per heavy atom. The number of ether oxygens (including phenoxy) is 2. The quantitative estimate of drug-likeness (QED) is 0.533. The molecule has 0 aliphatic carbocycles. The van der Waals surface area contributed by atoms with E-state index < -0.39 is 0 Å². The van der Waals surface area contributed by atoms with E-state index in [2.05, 4.69) is 17.4 Å². The minimum atomic E-state index is -0.198. The van der Waals surface area contributed by atoms with Gasteiger partial charge in [0.25, 0.3) is 11.8 Å². The predicted molar refractivity (Wildman–Crippen MR) is 135 cm³/mol. The number of nitrogens with one attached hydrogen (secondary N) is 1. The maximum absolute atomic E-state index is 12.8. The number of hydrogen-bond acceptors (Lipinski definition) is 4. The summed E-state index contributed by atoms with van der Waals surface area (Å²) in [4.78, 5) is 27.0. The van der Waals surface area contributed by atoms with Crippen molar-refractivity contribution in [2.45, 2.75) is 39.0 Å². The van der Waals surface area contributed by atoms with Gasteiger partial charge in [0.15, 0.2) is 6.61 Å². The van der Waals surface area contributed by atoms with Gasteiger partial charge in [0.1, 0.15) is 5.75 Å². The first-order valence-corrected chi connectivity index (χ1v) is 12.0. The SMILES string of the molecule is CC1CN(C(=O)c2ccc(CNC(=O)COc3ccccc3Cc3ccccc3)cc2)CC(C)O1. The van der Waals surface area contributed by atoms with Gasteiger partial charge in [0, 0.05) is 31.6 Å². The van der Waals surface area contributed by atoms with E-state index in [-0.39, 0.29) is 30.6 Å². The van der Waals surface area contributed by atoms with Crippen LogP contribution in [0, 0.1) is 0 Å². The van der Waals surface area contributed by atoms with Crippen LogP contribution in [0.25, 0.3) is 0 Å². The van der Waals surface area contributed by atoms with Gasteiger partial charge < -0.3 is 19.7 Å². The molecule has 1 heterocycles. The molecule has 0 aromatic heterocycles. The molecule has 4 rings (SSSR count). The van der Waals surface area contributed by atoms with Crippen LogP contribution < -0.4 is 10.1 Å². The van der Waals surface area contributed by atoms with E-state index in [0.717, 1.165) is 17.5 Å². The number of benzene rings is 3. The van der Waals surface area contributed by atoms with Crippen LogP contribution >= 0.6 is 0 Å². The average Bonchev–Trinajstić information content (AvgIpc) is 2.87. The van der Waals surface area contributed by atoms with Crippen LogP contribution in [0.5, 0.6) is 5.75 Å². The lowest BCUT2D eigenvalue weighted by Crippen LogP contribution is -2.48. The van der Waals surface area contributed by atoms with E-state index in [1.807, 2.05) is 85.5 Å². The summed E-state index contributed by atoms with van der Waals surface area (Å²) < 4.78 is 11.5. The molecule has 0 saturated carbocycles. The zero-order chi connectivity index (χ0) is 24.6. The van der Waals surface area contributed by atoms with Crippen molar-refractivity contribution in [3.63, 3.8) is 0 Å². The molecule has 1 aliphatic rings. The van der Waals surface area contributed by atoms with Gasteiger partial charge in [0.05, 0.1) is 12.2 Å². The second-order valence-corrected chi connectivity index (χ2v) is 9.00. The molecule has 6 heteroatoms. The molecule has 0 bridgehead atoms. The van der Waals surface area contributed by atoms with Crippen molar-refractivity contribution >= 4 is 11.8 Å². The topological polar surface area (TPSA) is 67.9 Å². The molecular weight excluding hydrogens is 440 g/mol. The molecule has 35 heavy (non-hydrogen) atoms. The van der Waals surface area contributed by atoms with Gasteiger partial charge in [-0.15, -0.1) is 0 Å². The Balaban J connectivity index is 1.26. The lowest BCUT2D eigenvalue weighted by atomic mass is 10.0. The number of hydrogen-bond donors (Lipinski definition) is 1. The van der Waals surface area contributed by atoms with Crippen molar-refractivity contribution in [1.82, 2.24) is 10.2 Å². The van der Waals surface area contributed by atoms with Gasteiger partial charge >= 0.3 is 0 Å². The van der Waals surface area contributed by atoms with Crippen LogP contribution in [0.1, 0.15) is 40.9 Å². The number of para-hydroxylation sites is 1. The maximum atomic E-state index is 12.8. The monoisotopic (exact) mass is 472 g/mol. The number of amides is 2. The largest absolute Gasteiger partial charge is 0.483 e. The Morgan fingerprint density at radius 3 is 2.26 bits per heavy atom. The zero-order valence-electron chi connectivity index (χ0n) is 20.3. The van der Waals surface area contributed by atoms with E-state index >= 15 is 0 Å². The van der Waals surface area contributed by atoms with E-state index in [9.17, 15) is 9.59 Å². The molecule has 1 fully saturated rings. The van der Waals surface area contributed by atoms with Crippen molar-refractivity contribution < 1.29 is 19.1 Å². The summed E-state index contributed by atoms with van der Waals surface area (Å²) in [6, 6.07) is 25.3. The van der Waals surface area contributed by atoms with Gasteiger partial charge in [-0.2, -0.15) is 0 Å². The standard InChI is InChI=1S/C29H32N2O4/c1-21-18-31(19-22(2)35-21)29(33)25-14-12-24(13-15-25)17-30-28(32)20-34-27-11-7-6-10-26(27)16-23-8-4-3-5-9-23/h3-15,21-22H,16-20H2,1-2H3,(H,30,32). The van der Waals surface area contributed by atoms with Crippen molar-refractivity contribution in [2.75, 3.05) is 19.7 Å². The Labute approximate surface area is 206 Å². The van der Waals surface area contributed by atoms with Gasteiger partial charge in [-0.3, -0.25) is 9.59 Å². The first kappa shape index (κ1) is 24.5. The van der Waals surface area contributed by atoms with Gasteiger partial charge in [-0.1, -0.05) is 60.7 Å². The lowest BCUT2D eigenvalue weighted by molar-refractivity contribution is -0.123. The molecular formula is C29H32N2O4. The minimum absolute atomic E-state index is 0.00477. The molecule has 2 unspecified atom stereocenters. The first-order chi connectivity index (χ1) is 17.0. The fourth-order valence-corrected chi connectivity index (χ4v) is 4.29. The van der Waals surface area contributed by atoms with E-state index in [0.29, 0.717) is 30.9 Å². The summed E-state index contributed by atoms with van der Waals surface area (Å²) in [5.74, 6) is 0.516. The lowest BCUT2D eigenvalue weighted by Gasteiger charge is -2.35. The zero-order valence-corrected chi connectivity index (χ0v) is 20.3. The normalized spacial score (nSPS) is 17.6. The highest BCUT2D eigenvalue weighted by Crippen LogP contribution is 2.21. The Kier molecular flexibility index (Phi) is 8.16. The Bertz CT molecular complexity index is 1120. The van der Waals surface area contributed by atoms with Crippen molar-refractivity contribution in [2.24, 2.45) is 0 Å². The van der Waals surface area contributed by atoms with E-state index in [1.54, 1.807) is 0 Å². The van der Waals surface area contributed by atoms with Gasteiger partial charge in [-0.05, 0) is 48.7 Å². The molecule has 2 amide bonds. The van der Waals surface area contributed by atoms with Gasteiger partial charge in [0.2, 0.25) is 0 Å². The summed E-state index contributed by atoms with van der Waals surface area (Å²) >= 11 is 0. The van der Waals surface area contributed by atoms with Crippen molar-refractivity contribution in [3.8, 4) is 5.75 Å². The smallest absolute Gasteiger partial charge is 0.258 e. The van der Waals surface area contributed by atoms with Crippen molar-refractivity contribution in [1.29, 1.82) is 0 Å². The summed E-state index contributed by atoms with van der Waals surface area (Å²) in [7, 11) is 0. The van der Waals surface area contributed by atoms with Crippen LogP contribution in [0.15, 0.2) is 78.9 Å². The number of morpholine rings is 1. The molecule has 1 N–H and O–H groups in total. The highest BCUT2D eigenvalue weighted by atomic mass is 16.5. The second-order valence-electron chi connectivity index (χ2n) is 9.00. The third-order valence-electron chi connectivity index (χ3n) is 5.97. The predicted octanol–water partition coefficient (Wildman–Crippen LogP) is 4.22. The minimum Gasteiger partial charge on any atom is -0.483 e. The number of carbonyl (C=O) groups is 2. The van der Waals surface area contributed by atoms with E-state index in [1.165, 1.54) is 5.56 Å². The molecule has 3 aromatic carbocycles. The van der Waals surface area contributed by atoms with Crippen molar-refractivity contribution in [3.05, 3.63) is 101 Å². The first-order valence-electron chi connectivity index (χ1n) is 12.0. The third kappa shape index (κ3) is 6.93. The number of rotatable bonds is 8. The molecule has 3 aromatic rings. The van der Waals surface area contributed by atoms with Crippen LogP contribution in [0.2, 0.25) is 0 Å². The molecule has 0 spiro atoms. The average molecular weight is 473 g/mol. The maximum Gasteiger partial charge on any atom is 0.258 e. The summed E-state index contributed by atoms with van der Waals surface area (Å²) in [5.41, 5.74) is 3.78. The highest BCUT2D eigenvalue weighted by molar-refractivity contribution is 5.94. The Hall–Kier alpha value is -3.64. The van der Waals surface area contributed by atoms with Crippen LogP contribution in [-0.4, -0.2) is 48.6 Å². The summed E-state index contributed by atoms with van der Waals surface area (Å²) in [6.45, 7) is 5.45. The molecule has 1 saturated heterocycles. The second kappa shape index (κ2) is 11.7. The molecule has 2 atom stereocenters. The summed E-state index contributed by atoms with van der Waals surface area (Å²) in [5, 5.41) is 2.89. The summed E-state index contributed by atoms with van der Waals surface area (Å²) in [6.07, 6.45) is 0.806. The highest BCUT2D eigenvalue weighted by Gasteiger charge is 2.26. The number of nitrogens with zero attached hydrogens (tertiary/aromatic N) is 1. The van der Waals surface area contributed by atoms with Crippen LogP contribution in [-0.2, 0) is 22.5 Å². The molecule has 0 radical (unpaired) electrons. The van der Waals surface area contributed by atoms with Crippen LogP contribution in [0.3, 0.4) is 0 Å². The Morgan fingerprint density at radius 2 is 1.54 bits per heavy atom. The molecule has 182 valence electrons. The molecule has 1 aliphatic heterocycles. The molecule has 6 nitrogen and oxygen atoms in total. The van der Waals surface area contributed by atoms with E-state index in [4.69, 9.17) is 9.47 Å². The third-order valence-corrected chi connectivity index (χ3v) is 5.97.